The van der Waals surface area contributed by atoms with Crippen molar-refractivity contribution in [2.75, 3.05) is 7.11 Å². The van der Waals surface area contributed by atoms with Crippen LogP contribution in [0.3, 0.4) is 0 Å². The van der Waals surface area contributed by atoms with Gasteiger partial charge in [0.25, 0.3) is 11.7 Å². The molecular formula is C13H17NO3. The van der Waals surface area contributed by atoms with Crippen molar-refractivity contribution in [3.05, 3.63) is 29.8 Å². The average molecular weight is 235 g/mol. The van der Waals surface area contributed by atoms with Gasteiger partial charge < -0.3 is 10.1 Å². The van der Waals surface area contributed by atoms with Crippen LogP contribution in [0.25, 0.3) is 0 Å². The first-order valence-electron chi connectivity index (χ1n) is 5.58. The van der Waals surface area contributed by atoms with Gasteiger partial charge in [0, 0.05) is 6.04 Å². The van der Waals surface area contributed by atoms with E-state index < -0.39 is 11.7 Å². The van der Waals surface area contributed by atoms with E-state index in [2.05, 4.69) is 5.32 Å². The zero-order valence-corrected chi connectivity index (χ0v) is 10.3. The minimum Gasteiger partial charge on any atom is -0.496 e. The topological polar surface area (TPSA) is 55.4 Å². The highest BCUT2D eigenvalue weighted by Crippen LogP contribution is 2.17. The molecular weight excluding hydrogens is 218 g/mol. The first-order chi connectivity index (χ1) is 8.10. The summed E-state index contributed by atoms with van der Waals surface area (Å²) in [5.41, 5.74) is 0.288. The van der Waals surface area contributed by atoms with Gasteiger partial charge in [-0.05, 0) is 25.5 Å². The lowest BCUT2D eigenvalue weighted by atomic mass is 10.1. The molecule has 92 valence electrons. The largest absolute Gasteiger partial charge is 0.496 e. The molecule has 1 rings (SSSR count). The Labute approximate surface area is 101 Å². The summed E-state index contributed by atoms with van der Waals surface area (Å²) in [6, 6.07) is 6.68. The Kier molecular flexibility index (Phi) is 4.69. The highest BCUT2D eigenvalue weighted by Gasteiger charge is 2.20. The number of hydrogen-bond acceptors (Lipinski definition) is 3. The Balaban J connectivity index is 2.85. The number of carbonyl (C=O) groups is 2. The minimum absolute atomic E-state index is 0.0128. The Hall–Kier alpha value is -1.84. The number of hydrogen-bond donors (Lipinski definition) is 1. The van der Waals surface area contributed by atoms with E-state index in [9.17, 15) is 9.59 Å². The summed E-state index contributed by atoms with van der Waals surface area (Å²) in [4.78, 5) is 23.5. The van der Waals surface area contributed by atoms with Crippen LogP contribution in [0.1, 0.15) is 30.6 Å². The molecule has 1 N–H and O–H groups in total. The normalized spacial score (nSPS) is 11.7. The maximum atomic E-state index is 11.9. The third-order valence-corrected chi connectivity index (χ3v) is 2.55. The highest BCUT2D eigenvalue weighted by atomic mass is 16.5. The van der Waals surface area contributed by atoms with Gasteiger partial charge in [-0.15, -0.1) is 0 Å². The number of rotatable bonds is 5. The molecule has 1 aromatic carbocycles. The van der Waals surface area contributed by atoms with Crippen molar-refractivity contribution in [1.82, 2.24) is 5.32 Å². The molecule has 1 unspecified atom stereocenters. The fraction of sp³-hybridized carbons (Fsp3) is 0.385. The van der Waals surface area contributed by atoms with Crippen molar-refractivity contribution in [1.29, 1.82) is 0 Å². The van der Waals surface area contributed by atoms with Crippen LogP contribution < -0.4 is 10.1 Å². The molecule has 1 atom stereocenters. The smallest absolute Gasteiger partial charge is 0.292 e. The fourth-order valence-corrected chi connectivity index (χ4v) is 1.35. The standard InChI is InChI=1S/C13H17NO3/c1-4-9(2)14-13(16)12(15)10-7-5-6-8-11(10)17-3/h5-9H,4H2,1-3H3,(H,14,16). The van der Waals surface area contributed by atoms with E-state index in [-0.39, 0.29) is 11.6 Å². The fourth-order valence-electron chi connectivity index (χ4n) is 1.35. The number of ketones is 1. The molecule has 0 saturated heterocycles. The molecule has 0 aromatic heterocycles. The molecule has 0 saturated carbocycles. The molecule has 0 radical (unpaired) electrons. The van der Waals surface area contributed by atoms with E-state index in [1.165, 1.54) is 7.11 Å². The van der Waals surface area contributed by atoms with Crippen LogP contribution in [-0.2, 0) is 4.79 Å². The summed E-state index contributed by atoms with van der Waals surface area (Å²) in [5.74, 6) is -0.747. The van der Waals surface area contributed by atoms with Crippen molar-refractivity contribution in [2.24, 2.45) is 0 Å². The van der Waals surface area contributed by atoms with E-state index in [0.717, 1.165) is 6.42 Å². The Morgan fingerprint density at radius 3 is 2.59 bits per heavy atom. The van der Waals surface area contributed by atoms with E-state index in [4.69, 9.17) is 4.74 Å². The van der Waals surface area contributed by atoms with Gasteiger partial charge >= 0.3 is 0 Å². The molecule has 0 fully saturated rings. The second kappa shape index (κ2) is 6.03. The van der Waals surface area contributed by atoms with Gasteiger partial charge in [0.05, 0.1) is 12.7 Å². The number of Topliss-reactive ketones (excluding diaryl/α,β-unsaturated/α-hetero) is 1. The number of amides is 1. The van der Waals surface area contributed by atoms with Crippen LogP contribution >= 0.6 is 0 Å². The molecule has 0 spiro atoms. The van der Waals surface area contributed by atoms with Crippen molar-refractivity contribution in [2.45, 2.75) is 26.3 Å². The summed E-state index contributed by atoms with van der Waals surface area (Å²) in [7, 11) is 1.47. The second-order valence-corrected chi connectivity index (χ2v) is 3.81. The lowest BCUT2D eigenvalue weighted by molar-refractivity contribution is -0.117. The van der Waals surface area contributed by atoms with E-state index in [1.54, 1.807) is 24.3 Å². The Morgan fingerprint density at radius 2 is 2.00 bits per heavy atom. The number of carbonyl (C=O) groups excluding carboxylic acids is 2. The van der Waals surface area contributed by atoms with Crippen molar-refractivity contribution in [3.63, 3.8) is 0 Å². The highest BCUT2D eigenvalue weighted by molar-refractivity contribution is 6.43. The molecule has 0 heterocycles. The summed E-state index contributed by atoms with van der Waals surface area (Å²) < 4.78 is 5.05. The molecule has 0 bridgehead atoms. The van der Waals surface area contributed by atoms with Crippen LogP contribution in [0.5, 0.6) is 5.75 Å². The van der Waals surface area contributed by atoms with Gasteiger partial charge in [-0.1, -0.05) is 19.1 Å². The summed E-state index contributed by atoms with van der Waals surface area (Å²) >= 11 is 0. The van der Waals surface area contributed by atoms with Crippen LogP contribution in [0, 0.1) is 0 Å². The molecule has 0 aliphatic heterocycles. The summed E-state index contributed by atoms with van der Waals surface area (Å²) in [6.07, 6.45) is 0.783. The number of methoxy groups -OCH3 is 1. The summed E-state index contributed by atoms with van der Waals surface area (Å²) in [6.45, 7) is 3.80. The molecule has 4 heteroatoms. The quantitative estimate of drug-likeness (QED) is 0.625. The zero-order chi connectivity index (χ0) is 12.8. The van der Waals surface area contributed by atoms with Crippen LogP contribution in [0.15, 0.2) is 24.3 Å². The lowest BCUT2D eigenvalue weighted by Gasteiger charge is -2.11. The summed E-state index contributed by atoms with van der Waals surface area (Å²) in [5, 5.41) is 2.64. The van der Waals surface area contributed by atoms with E-state index >= 15 is 0 Å². The van der Waals surface area contributed by atoms with Crippen molar-refractivity contribution in [3.8, 4) is 5.75 Å². The molecule has 1 aromatic rings. The Bertz CT molecular complexity index is 415. The maximum Gasteiger partial charge on any atom is 0.292 e. The number of nitrogens with one attached hydrogen (secondary N) is 1. The first-order valence-corrected chi connectivity index (χ1v) is 5.58. The average Bonchev–Trinajstić information content (AvgIpc) is 2.37. The van der Waals surface area contributed by atoms with Gasteiger partial charge in [-0.3, -0.25) is 9.59 Å². The maximum absolute atomic E-state index is 11.9. The monoisotopic (exact) mass is 235 g/mol. The molecule has 1 amide bonds. The third-order valence-electron chi connectivity index (χ3n) is 2.55. The lowest BCUT2D eigenvalue weighted by Crippen LogP contribution is -2.37. The predicted octanol–water partition coefficient (Wildman–Crippen LogP) is 1.79. The second-order valence-electron chi connectivity index (χ2n) is 3.81. The van der Waals surface area contributed by atoms with Crippen molar-refractivity contribution >= 4 is 11.7 Å². The van der Waals surface area contributed by atoms with Gasteiger partial charge in [-0.2, -0.15) is 0 Å². The third kappa shape index (κ3) is 3.31. The van der Waals surface area contributed by atoms with Crippen LogP contribution in [0.2, 0.25) is 0 Å². The van der Waals surface area contributed by atoms with Crippen LogP contribution in [-0.4, -0.2) is 24.8 Å². The number of ether oxygens (including phenoxy) is 1. The zero-order valence-electron chi connectivity index (χ0n) is 10.3. The Morgan fingerprint density at radius 1 is 1.35 bits per heavy atom. The van der Waals surface area contributed by atoms with Gasteiger partial charge in [-0.25, -0.2) is 0 Å². The van der Waals surface area contributed by atoms with Crippen LogP contribution in [0.4, 0.5) is 0 Å². The minimum atomic E-state index is -0.594. The van der Waals surface area contributed by atoms with Gasteiger partial charge in [0.15, 0.2) is 0 Å². The molecule has 0 aliphatic carbocycles. The molecule has 0 aliphatic rings. The first kappa shape index (κ1) is 13.2. The van der Waals surface area contributed by atoms with Crippen molar-refractivity contribution < 1.29 is 14.3 Å². The van der Waals surface area contributed by atoms with E-state index in [0.29, 0.717) is 5.75 Å². The SMILES string of the molecule is CCC(C)NC(=O)C(=O)c1ccccc1OC. The molecule has 4 nitrogen and oxygen atoms in total. The van der Waals surface area contributed by atoms with Gasteiger partial charge in [0.2, 0.25) is 0 Å². The van der Waals surface area contributed by atoms with E-state index in [1.807, 2.05) is 13.8 Å². The predicted molar refractivity (Wildman–Crippen MR) is 65.2 cm³/mol. The number of para-hydroxylation sites is 1. The van der Waals surface area contributed by atoms with Gasteiger partial charge in [0.1, 0.15) is 5.75 Å². The molecule has 17 heavy (non-hydrogen) atoms. The number of benzene rings is 1.